The Hall–Kier alpha value is -2.82. The molecule has 0 amide bonds. The van der Waals surface area contributed by atoms with Gasteiger partial charge in [-0.2, -0.15) is 5.26 Å². The van der Waals surface area contributed by atoms with E-state index >= 15 is 0 Å². The number of aromatic nitrogens is 2. The zero-order chi connectivity index (χ0) is 21.2. The third kappa shape index (κ3) is 4.44. The molecule has 0 bridgehead atoms. The Bertz CT molecular complexity index is 1290. The van der Waals surface area contributed by atoms with E-state index in [4.69, 9.17) is 0 Å². The predicted molar refractivity (Wildman–Crippen MR) is 118 cm³/mol. The number of nitrogens with zero attached hydrogens (tertiary/aromatic N) is 3. The largest absolute Gasteiger partial charge is 0.293 e. The van der Waals surface area contributed by atoms with Crippen LogP contribution in [0.1, 0.15) is 26.5 Å². The molecule has 2 aromatic heterocycles. The van der Waals surface area contributed by atoms with E-state index in [1.807, 2.05) is 18.2 Å². The Balaban J connectivity index is 2.45. The van der Waals surface area contributed by atoms with Crippen LogP contribution in [0.5, 0.6) is 0 Å². The molecule has 0 N–H and O–H groups in total. The molecule has 3 aromatic rings. The van der Waals surface area contributed by atoms with E-state index in [1.54, 1.807) is 63.4 Å². The summed E-state index contributed by atoms with van der Waals surface area (Å²) in [4.78, 5) is 30.4. The average Bonchev–Trinajstić information content (AvgIpc) is 2.98. The van der Waals surface area contributed by atoms with Crippen molar-refractivity contribution in [3.05, 3.63) is 78.4 Å². The summed E-state index contributed by atoms with van der Waals surface area (Å²) in [6.07, 6.45) is 3.31. The number of halogens is 1. The van der Waals surface area contributed by atoms with Crippen LogP contribution in [0.2, 0.25) is 0 Å². The number of nitriles is 1. The quantitative estimate of drug-likeness (QED) is 0.592. The van der Waals surface area contributed by atoms with Gasteiger partial charge in [-0.05, 0) is 36.4 Å². The first-order valence-corrected chi connectivity index (χ1v) is 10.4. The maximum atomic E-state index is 13.3. The molecule has 0 aliphatic rings. The zero-order valence-corrected chi connectivity index (χ0v) is 18.5. The van der Waals surface area contributed by atoms with Gasteiger partial charge in [0.15, 0.2) is 5.78 Å². The molecule has 7 heteroatoms. The first-order valence-electron chi connectivity index (χ1n) is 8.82. The summed E-state index contributed by atoms with van der Waals surface area (Å²) in [5.74, 6) is -0.311. The van der Waals surface area contributed by atoms with Gasteiger partial charge < -0.3 is 0 Å². The number of pyridine rings is 1. The van der Waals surface area contributed by atoms with Crippen LogP contribution in [0.15, 0.2) is 57.9 Å². The van der Waals surface area contributed by atoms with Crippen LogP contribution in [0.25, 0.3) is 17.3 Å². The van der Waals surface area contributed by atoms with Gasteiger partial charge in [0.05, 0.1) is 15.9 Å². The Morgan fingerprint density at radius 1 is 1.24 bits per heavy atom. The van der Waals surface area contributed by atoms with Gasteiger partial charge in [-0.15, -0.1) is 11.3 Å². The van der Waals surface area contributed by atoms with Gasteiger partial charge in [-0.25, -0.2) is 0 Å². The van der Waals surface area contributed by atoms with Gasteiger partial charge in [0.2, 0.25) is 0 Å². The van der Waals surface area contributed by atoms with Gasteiger partial charge in [0.1, 0.15) is 16.3 Å². The molecule has 1 aromatic carbocycles. The summed E-state index contributed by atoms with van der Waals surface area (Å²) in [6.45, 7) is 5.26. The first kappa shape index (κ1) is 20.9. The highest BCUT2D eigenvalue weighted by atomic mass is 79.9. The maximum Gasteiger partial charge on any atom is 0.273 e. The summed E-state index contributed by atoms with van der Waals surface area (Å²) >= 11 is 4.53. The molecule has 0 unspecified atom stereocenters. The highest BCUT2D eigenvalue weighted by Crippen LogP contribution is 2.20. The molecule has 0 spiro atoms. The third-order valence-electron chi connectivity index (χ3n) is 4.09. The van der Waals surface area contributed by atoms with Crippen molar-refractivity contribution in [3.63, 3.8) is 0 Å². The first-order chi connectivity index (χ1) is 13.7. The number of hydrogen-bond donors (Lipinski definition) is 0. The van der Waals surface area contributed by atoms with Crippen LogP contribution < -0.4 is 14.8 Å². The van der Waals surface area contributed by atoms with Crippen molar-refractivity contribution in [1.29, 1.82) is 5.26 Å². The molecule has 29 heavy (non-hydrogen) atoms. The second kappa shape index (κ2) is 8.27. The average molecular weight is 468 g/mol. The lowest BCUT2D eigenvalue weighted by Crippen LogP contribution is -2.33. The number of carbonyl (C=O) groups excluding carboxylic acids is 1. The summed E-state index contributed by atoms with van der Waals surface area (Å²) in [7, 11) is 0. The molecule has 0 saturated heterocycles. The van der Waals surface area contributed by atoms with E-state index in [0.29, 0.717) is 20.6 Å². The number of Topliss-reactive ketones (excluding diaryl/α,β-unsaturated/α-hetero) is 1. The Morgan fingerprint density at radius 3 is 2.59 bits per heavy atom. The van der Waals surface area contributed by atoms with Gasteiger partial charge in [0.25, 0.3) is 5.56 Å². The molecule has 3 rings (SSSR count). The molecular formula is C22H18BrN3O2S. The molecule has 146 valence electrons. The second-order valence-electron chi connectivity index (χ2n) is 7.36. The minimum Gasteiger partial charge on any atom is -0.293 e. The van der Waals surface area contributed by atoms with Gasteiger partial charge in [-0.1, -0.05) is 48.8 Å². The van der Waals surface area contributed by atoms with Crippen molar-refractivity contribution in [2.24, 2.45) is 5.41 Å². The summed E-state index contributed by atoms with van der Waals surface area (Å²) < 4.78 is 2.92. The summed E-state index contributed by atoms with van der Waals surface area (Å²) in [5.41, 5.74) is 0.117. The minimum atomic E-state index is -0.752. The molecule has 0 aliphatic heterocycles. The standard InChI is InChI=1S/C22H18BrN3O2S/c1-22(2,3)19(27)17(13-24)21-26(16-9-6-7-14(23)11-16)20(28)18(29-21)12-15-8-4-5-10-25-15/h4-12H,1-3H3/b18-12-,21-17-. The second-order valence-corrected chi connectivity index (χ2v) is 9.30. The lowest BCUT2D eigenvalue weighted by atomic mass is 9.87. The SMILES string of the molecule is CC(C)(C)C(=O)/C(C#N)=c1\s/c(=C\c2ccccn2)c(=O)n1-c1cccc(Br)c1. The molecule has 0 fully saturated rings. The van der Waals surface area contributed by atoms with Crippen molar-refractivity contribution in [2.45, 2.75) is 20.8 Å². The molecule has 0 saturated carbocycles. The molecule has 0 atom stereocenters. The smallest absolute Gasteiger partial charge is 0.273 e. The fourth-order valence-electron chi connectivity index (χ4n) is 2.67. The molecule has 0 radical (unpaired) electrons. The van der Waals surface area contributed by atoms with E-state index < -0.39 is 5.41 Å². The van der Waals surface area contributed by atoms with Gasteiger partial charge in [-0.3, -0.25) is 19.1 Å². The number of benzene rings is 1. The third-order valence-corrected chi connectivity index (χ3v) is 5.68. The molecular weight excluding hydrogens is 450 g/mol. The van der Waals surface area contributed by atoms with Crippen LogP contribution in [-0.2, 0) is 4.79 Å². The molecule has 2 heterocycles. The highest BCUT2D eigenvalue weighted by Gasteiger charge is 2.27. The van der Waals surface area contributed by atoms with E-state index in [2.05, 4.69) is 20.9 Å². The van der Waals surface area contributed by atoms with E-state index in [0.717, 1.165) is 15.8 Å². The van der Waals surface area contributed by atoms with Crippen molar-refractivity contribution < 1.29 is 4.79 Å². The van der Waals surface area contributed by atoms with Crippen molar-refractivity contribution in [1.82, 2.24) is 9.55 Å². The lowest BCUT2D eigenvalue weighted by molar-refractivity contribution is -0.120. The van der Waals surface area contributed by atoms with Crippen molar-refractivity contribution in [3.8, 4) is 11.8 Å². The number of rotatable bonds is 3. The van der Waals surface area contributed by atoms with Crippen molar-refractivity contribution >= 4 is 44.7 Å². The molecule has 0 aliphatic carbocycles. The number of hydrogen-bond acceptors (Lipinski definition) is 5. The Labute approximate surface area is 180 Å². The van der Waals surface area contributed by atoms with E-state index in [9.17, 15) is 14.9 Å². The van der Waals surface area contributed by atoms with E-state index in [-0.39, 0.29) is 16.9 Å². The Kier molecular flexibility index (Phi) is 5.96. The minimum absolute atomic E-state index is 0.0275. The fourth-order valence-corrected chi connectivity index (χ4v) is 4.14. The maximum absolute atomic E-state index is 13.3. The summed E-state index contributed by atoms with van der Waals surface area (Å²) in [5, 5.41) is 9.78. The number of carbonyl (C=O) groups is 1. The van der Waals surface area contributed by atoms with Crippen LogP contribution >= 0.6 is 27.3 Å². The molecule has 5 nitrogen and oxygen atoms in total. The lowest BCUT2D eigenvalue weighted by Gasteiger charge is -2.15. The topological polar surface area (TPSA) is 75.8 Å². The van der Waals surface area contributed by atoms with Crippen LogP contribution in [-0.4, -0.2) is 15.3 Å². The number of ketones is 1. The number of thiazole rings is 1. The predicted octanol–water partition coefficient (Wildman–Crippen LogP) is 3.17. The normalized spacial score (nSPS) is 13.1. The zero-order valence-electron chi connectivity index (χ0n) is 16.1. The van der Waals surface area contributed by atoms with Crippen molar-refractivity contribution in [2.75, 3.05) is 0 Å². The van der Waals surface area contributed by atoms with Gasteiger partial charge >= 0.3 is 0 Å². The monoisotopic (exact) mass is 467 g/mol. The highest BCUT2D eigenvalue weighted by molar-refractivity contribution is 9.10. The summed E-state index contributed by atoms with van der Waals surface area (Å²) in [6, 6.07) is 14.6. The van der Waals surface area contributed by atoms with Crippen LogP contribution in [0, 0.1) is 16.7 Å². The Morgan fingerprint density at radius 2 is 2.00 bits per heavy atom. The fraction of sp³-hybridized carbons (Fsp3) is 0.182. The van der Waals surface area contributed by atoms with E-state index in [1.165, 1.54) is 4.57 Å². The van der Waals surface area contributed by atoms with Crippen LogP contribution in [0.3, 0.4) is 0 Å². The van der Waals surface area contributed by atoms with Crippen LogP contribution in [0.4, 0.5) is 0 Å². The van der Waals surface area contributed by atoms with Gasteiger partial charge in [0, 0.05) is 16.1 Å².